The van der Waals surface area contributed by atoms with E-state index in [0.29, 0.717) is 25.7 Å². The molecule has 0 radical (unpaired) electrons. The Bertz CT molecular complexity index is 209. The Morgan fingerprint density at radius 1 is 1.29 bits per heavy atom. The Morgan fingerprint density at radius 3 is 2.47 bits per heavy atom. The van der Waals surface area contributed by atoms with Crippen molar-refractivity contribution in [2.45, 2.75) is 39.8 Å². The van der Waals surface area contributed by atoms with E-state index in [0.717, 1.165) is 0 Å². The number of esters is 1. The van der Waals surface area contributed by atoms with Crippen molar-refractivity contribution in [1.29, 1.82) is 0 Å². The minimum atomic E-state index is -0.606. The fourth-order valence-corrected chi connectivity index (χ4v) is 1.16. The minimum Gasteiger partial charge on any atom is -0.465 e. The van der Waals surface area contributed by atoms with Crippen LogP contribution in [0, 0.1) is 5.92 Å². The number of ether oxygens (including phenoxy) is 2. The molecule has 102 valence electrons. The van der Waals surface area contributed by atoms with Crippen LogP contribution in [0.15, 0.2) is 0 Å². The molecular formula is C12H25NO4. The summed E-state index contributed by atoms with van der Waals surface area (Å²) in [5.74, 6) is 0.149. The molecule has 0 aromatic rings. The van der Waals surface area contributed by atoms with Gasteiger partial charge in [-0.15, -0.1) is 0 Å². The van der Waals surface area contributed by atoms with E-state index in [1.165, 1.54) is 0 Å². The van der Waals surface area contributed by atoms with Gasteiger partial charge in [0, 0.05) is 13.2 Å². The van der Waals surface area contributed by atoms with Gasteiger partial charge in [-0.3, -0.25) is 4.79 Å². The summed E-state index contributed by atoms with van der Waals surface area (Å²) in [6, 6.07) is -0.408. The fraction of sp³-hybridized carbons (Fsp3) is 0.917. The van der Waals surface area contributed by atoms with Crippen LogP contribution in [-0.2, 0) is 14.3 Å². The van der Waals surface area contributed by atoms with Crippen LogP contribution in [0.1, 0.15) is 27.7 Å². The highest BCUT2D eigenvalue weighted by Crippen LogP contribution is 1.94. The van der Waals surface area contributed by atoms with E-state index >= 15 is 0 Å². The molecule has 0 amide bonds. The first-order valence-electron chi connectivity index (χ1n) is 6.13. The van der Waals surface area contributed by atoms with Crippen LogP contribution in [0.5, 0.6) is 0 Å². The van der Waals surface area contributed by atoms with Crippen molar-refractivity contribution in [3.8, 4) is 0 Å². The monoisotopic (exact) mass is 247 g/mol. The SMILES string of the molecule is CCOC(=O)C(C)NCC(O)COCC(C)C. The maximum Gasteiger partial charge on any atom is 0.322 e. The van der Waals surface area contributed by atoms with Crippen LogP contribution in [0.2, 0.25) is 0 Å². The molecule has 2 N–H and O–H groups in total. The third kappa shape index (κ3) is 9.09. The van der Waals surface area contributed by atoms with Crippen molar-refractivity contribution in [2.75, 3.05) is 26.4 Å². The van der Waals surface area contributed by atoms with Crippen molar-refractivity contribution in [3.05, 3.63) is 0 Å². The Hall–Kier alpha value is -0.650. The van der Waals surface area contributed by atoms with Gasteiger partial charge in [0.15, 0.2) is 0 Å². The van der Waals surface area contributed by atoms with Crippen molar-refractivity contribution in [2.24, 2.45) is 5.92 Å². The van der Waals surface area contributed by atoms with Gasteiger partial charge in [-0.1, -0.05) is 13.8 Å². The minimum absolute atomic E-state index is 0.278. The van der Waals surface area contributed by atoms with Gasteiger partial charge in [-0.2, -0.15) is 0 Å². The van der Waals surface area contributed by atoms with E-state index in [1.54, 1.807) is 13.8 Å². The molecule has 0 aromatic carbocycles. The predicted molar refractivity (Wildman–Crippen MR) is 65.8 cm³/mol. The zero-order valence-corrected chi connectivity index (χ0v) is 11.2. The first-order chi connectivity index (χ1) is 7.97. The number of aliphatic hydroxyl groups excluding tert-OH is 1. The van der Waals surface area contributed by atoms with E-state index in [2.05, 4.69) is 5.32 Å². The standard InChI is InChI=1S/C12H25NO4/c1-5-17-12(15)10(4)13-6-11(14)8-16-7-9(2)3/h9-11,13-14H,5-8H2,1-4H3. The number of carbonyl (C=O) groups is 1. The third-order valence-corrected chi connectivity index (χ3v) is 2.06. The largest absolute Gasteiger partial charge is 0.465 e. The molecule has 0 saturated heterocycles. The topological polar surface area (TPSA) is 67.8 Å². The Labute approximate surface area is 103 Å². The van der Waals surface area contributed by atoms with Crippen molar-refractivity contribution in [1.82, 2.24) is 5.32 Å². The molecule has 0 fully saturated rings. The van der Waals surface area contributed by atoms with E-state index in [9.17, 15) is 9.90 Å². The lowest BCUT2D eigenvalue weighted by Crippen LogP contribution is -2.41. The van der Waals surface area contributed by atoms with Crippen LogP contribution in [0.25, 0.3) is 0 Å². The summed E-state index contributed by atoms with van der Waals surface area (Å²) in [5, 5.41) is 12.5. The van der Waals surface area contributed by atoms with Gasteiger partial charge in [0.05, 0.1) is 19.3 Å². The molecule has 0 spiro atoms. The second-order valence-corrected chi connectivity index (χ2v) is 4.47. The van der Waals surface area contributed by atoms with E-state index in [-0.39, 0.29) is 12.6 Å². The highest BCUT2D eigenvalue weighted by molar-refractivity contribution is 5.75. The zero-order valence-electron chi connectivity index (χ0n) is 11.2. The maximum absolute atomic E-state index is 11.3. The summed E-state index contributed by atoms with van der Waals surface area (Å²) in [7, 11) is 0. The molecule has 0 heterocycles. The molecule has 5 nitrogen and oxygen atoms in total. The first kappa shape index (κ1) is 16.4. The number of aliphatic hydroxyl groups is 1. The van der Waals surface area contributed by atoms with Gasteiger partial charge in [0.2, 0.25) is 0 Å². The molecule has 0 aromatic heterocycles. The number of nitrogens with one attached hydrogen (secondary N) is 1. The van der Waals surface area contributed by atoms with Crippen molar-refractivity contribution < 1.29 is 19.4 Å². The lowest BCUT2D eigenvalue weighted by Gasteiger charge is -2.16. The van der Waals surface area contributed by atoms with Gasteiger partial charge in [0.1, 0.15) is 6.04 Å². The number of hydrogen-bond acceptors (Lipinski definition) is 5. The van der Waals surface area contributed by atoms with E-state index in [1.807, 2.05) is 13.8 Å². The maximum atomic E-state index is 11.3. The third-order valence-electron chi connectivity index (χ3n) is 2.06. The second-order valence-electron chi connectivity index (χ2n) is 4.47. The molecule has 0 aliphatic rings. The van der Waals surface area contributed by atoms with E-state index < -0.39 is 12.1 Å². The predicted octanol–water partition coefficient (Wildman–Crippen LogP) is 0.561. The molecule has 0 aliphatic carbocycles. The smallest absolute Gasteiger partial charge is 0.322 e. The molecular weight excluding hydrogens is 222 g/mol. The molecule has 5 heteroatoms. The zero-order chi connectivity index (χ0) is 13.3. The quantitative estimate of drug-likeness (QED) is 0.583. The summed E-state index contributed by atoms with van der Waals surface area (Å²) >= 11 is 0. The van der Waals surface area contributed by atoms with Crippen LogP contribution in [-0.4, -0.2) is 49.6 Å². The van der Waals surface area contributed by atoms with Gasteiger partial charge in [0.25, 0.3) is 0 Å². The van der Waals surface area contributed by atoms with Gasteiger partial charge in [-0.05, 0) is 19.8 Å². The fourth-order valence-electron chi connectivity index (χ4n) is 1.16. The van der Waals surface area contributed by atoms with Crippen molar-refractivity contribution in [3.63, 3.8) is 0 Å². The summed E-state index contributed by atoms with van der Waals surface area (Å²) in [6.07, 6.45) is -0.606. The first-order valence-corrected chi connectivity index (χ1v) is 6.13. The Kier molecular flexibility index (Phi) is 9.03. The number of hydrogen-bond donors (Lipinski definition) is 2. The lowest BCUT2D eigenvalue weighted by molar-refractivity contribution is -0.145. The van der Waals surface area contributed by atoms with Gasteiger partial charge >= 0.3 is 5.97 Å². The summed E-state index contributed by atoms with van der Waals surface area (Å²) in [6.45, 7) is 9.16. The number of carbonyl (C=O) groups excluding carboxylic acids is 1. The van der Waals surface area contributed by atoms with Gasteiger partial charge in [-0.25, -0.2) is 0 Å². The molecule has 2 unspecified atom stereocenters. The van der Waals surface area contributed by atoms with Crippen molar-refractivity contribution >= 4 is 5.97 Å². The van der Waals surface area contributed by atoms with E-state index in [4.69, 9.17) is 9.47 Å². The molecule has 17 heavy (non-hydrogen) atoms. The Balaban J connectivity index is 3.61. The van der Waals surface area contributed by atoms with Crippen LogP contribution >= 0.6 is 0 Å². The molecule has 0 rings (SSSR count). The summed E-state index contributed by atoms with van der Waals surface area (Å²) in [5.41, 5.74) is 0. The van der Waals surface area contributed by atoms with Crippen LogP contribution in [0.3, 0.4) is 0 Å². The summed E-state index contributed by atoms with van der Waals surface area (Å²) in [4.78, 5) is 11.3. The molecule has 0 saturated carbocycles. The second kappa shape index (κ2) is 9.39. The summed E-state index contributed by atoms with van der Waals surface area (Å²) < 4.78 is 10.1. The lowest BCUT2D eigenvalue weighted by atomic mass is 10.2. The highest BCUT2D eigenvalue weighted by Gasteiger charge is 2.14. The average Bonchev–Trinajstić information content (AvgIpc) is 2.25. The molecule has 2 atom stereocenters. The molecule has 0 aliphatic heterocycles. The normalized spacial score (nSPS) is 14.7. The number of rotatable bonds is 9. The molecule has 0 bridgehead atoms. The average molecular weight is 247 g/mol. The van der Waals surface area contributed by atoms with Crippen LogP contribution in [0.4, 0.5) is 0 Å². The Morgan fingerprint density at radius 2 is 1.94 bits per heavy atom. The highest BCUT2D eigenvalue weighted by atomic mass is 16.5. The van der Waals surface area contributed by atoms with Crippen LogP contribution < -0.4 is 5.32 Å². The van der Waals surface area contributed by atoms with Gasteiger partial charge < -0.3 is 19.9 Å².